The zero-order chi connectivity index (χ0) is 13.4. The maximum Gasteiger partial charge on any atom is 0.339 e. The van der Waals surface area contributed by atoms with Crippen molar-refractivity contribution in [3.05, 3.63) is 39.2 Å². The van der Waals surface area contributed by atoms with E-state index in [1.54, 1.807) is 20.8 Å². The number of hydrogen-bond donors (Lipinski definition) is 2. The first kappa shape index (κ1) is 12.0. The quantitative estimate of drug-likeness (QED) is 0.809. The maximum atomic E-state index is 11.4. The van der Waals surface area contributed by atoms with Gasteiger partial charge in [0.2, 0.25) is 0 Å². The molecule has 2 rings (SSSR count). The molecule has 0 fully saturated rings. The number of carboxylic acid groups (broad SMARTS) is 1. The van der Waals surface area contributed by atoms with Crippen molar-refractivity contribution >= 4 is 5.97 Å². The highest BCUT2D eigenvalue weighted by Gasteiger charge is 2.19. The summed E-state index contributed by atoms with van der Waals surface area (Å²) in [6, 6.07) is 1.28. The van der Waals surface area contributed by atoms with E-state index in [9.17, 15) is 9.59 Å². The van der Waals surface area contributed by atoms with E-state index >= 15 is 0 Å². The predicted octanol–water partition coefficient (Wildman–Crippen LogP) is 0.579. The van der Waals surface area contributed by atoms with Crippen LogP contribution in [0.4, 0.5) is 0 Å². The second-order valence-corrected chi connectivity index (χ2v) is 3.95. The molecular weight excluding hydrogens is 236 g/mol. The van der Waals surface area contributed by atoms with Crippen LogP contribution in [0.1, 0.15) is 27.6 Å². The second-order valence-electron chi connectivity index (χ2n) is 3.95. The molecule has 0 radical (unpaired) electrons. The van der Waals surface area contributed by atoms with Gasteiger partial charge < -0.3 is 10.1 Å². The Hall–Kier alpha value is -2.44. The number of aromatic carboxylic acids is 1. The molecule has 2 aromatic heterocycles. The Morgan fingerprint density at radius 3 is 2.56 bits per heavy atom. The third-order valence-corrected chi connectivity index (χ3v) is 2.57. The highest BCUT2D eigenvalue weighted by molar-refractivity contribution is 5.90. The van der Waals surface area contributed by atoms with Gasteiger partial charge in [0.1, 0.15) is 11.4 Å². The summed E-state index contributed by atoms with van der Waals surface area (Å²) < 4.78 is 1.36. The van der Waals surface area contributed by atoms with Gasteiger partial charge in [0.05, 0.1) is 11.4 Å². The number of nitrogens with zero attached hydrogens (tertiary/aromatic N) is 3. The van der Waals surface area contributed by atoms with Crippen molar-refractivity contribution in [2.45, 2.75) is 20.8 Å². The van der Waals surface area contributed by atoms with Gasteiger partial charge in [-0.25, -0.2) is 14.5 Å². The SMILES string of the molecule is Cc1nc(-n2nc(C)c(C(=O)O)c2C)cc(=O)[nH]1. The van der Waals surface area contributed by atoms with E-state index in [0.29, 0.717) is 23.0 Å². The summed E-state index contributed by atoms with van der Waals surface area (Å²) in [5, 5.41) is 13.2. The van der Waals surface area contributed by atoms with Gasteiger partial charge in [0, 0.05) is 6.07 Å². The van der Waals surface area contributed by atoms with Gasteiger partial charge >= 0.3 is 5.97 Å². The molecule has 0 atom stereocenters. The molecule has 0 unspecified atom stereocenters. The number of carbonyl (C=O) groups is 1. The Labute approximate surface area is 102 Å². The van der Waals surface area contributed by atoms with Crippen molar-refractivity contribution in [3.63, 3.8) is 0 Å². The van der Waals surface area contributed by atoms with Crippen molar-refractivity contribution < 1.29 is 9.90 Å². The lowest BCUT2D eigenvalue weighted by Gasteiger charge is -2.03. The van der Waals surface area contributed by atoms with Crippen LogP contribution < -0.4 is 5.56 Å². The minimum atomic E-state index is -1.04. The Morgan fingerprint density at radius 2 is 2.06 bits per heavy atom. The Morgan fingerprint density at radius 1 is 1.39 bits per heavy atom. The van der Waals surface area contributed by atoms with Crippen LogP contribution in [-0.2, 0) is 0 Å². The highest BCUT2D eigenvalue weighted by atomic mass is 16.4. The van der Waals surface area contributed by atoms with E-state index in [2.05, 4.69) is 15.1 Å². The number of nitrogens with one attached hydrogen (secondary N) is 1. The molecule has 2 heterocycles. The molecule has 7 heteroatoms. The van der Waals surface area contributed by atoms with Crippen LogP contribution in [0.15, 0.2) is 10.9 Å². The number of aromatic nitrogens is 4. The minimum Gasteiger partial charge on any atom is -0.478 e. The molecule has 0 saturated heterocycles. The molecular formula is C11H12N4O3. The van der Waals surface area contributed by atoms with E-state index < -0.39 is 5.97 Å². The summed E-state index contributed by atoms with van der Waals surface area (Å²) in [7, 11) is 0. The van der Waals surface area contributed by atoms with Crippen LogP contribution in [0.2, 0.25) is 0 Å². The predicted molar refractivity (Wildman–Crippen MR) is 63.2 cm³/mol. The molecule has 7 nitrogen and oxygen atoms in total. The van der Waals surface area contributed by atoms with Crippen molar-refractivity contribution in [2.24, 2.45) is 0 Å². The third-order valence-electron chi connectivity index (χ3n) is 2.57. The molecule has 0 aromatic carbocycles. The average molecular weight is 248 g/mol. The molecule has 0 spiro atoms. The highest BCUT2D eigenvalue weighted by Crippen LogP contribution is 2.15. The van der Waals surface area contributed by atoms with E-state index in [-0.39, 0.29) is 11.1 Å². The van der Waals surface area contributed by atoms with Crippen molar-refractivity contribution in [3.8, 4) is 5.82 Å². The lowest BCUT2D eigenvalue weighted by molar-refractivity contribution is 0.0695. The average Bonchev–Trinajstić information content (AvgIpc) is 2.52. The fraction of sp³-hybridized carbons (Fsp3) is 0.273. The largest absolute Gasteiger partial charge is 0.478 e. The molecule has 94 valence electrons. The van der Waals surface area contributed by atoms with Crippen molar-refractivity contribution in [2.75, 3.05) is 0 Å². The molecule has 0 aliphatic rings. The fourth-order valence-electron chi connectivity index (χ4n) is 1.85. The molecule has 0 saturated carbocycles. The van der Waals surface area contributed by atoms with Crippen LogP contribution in [0.25, 0.3) is 5.82 Å². The molecule has 2 N–H and O–H groups in total. The Balaban J connectivity index is 2.69. The van der Waals surface area contributed by atoms with Crippen LogP contribution in [-0.4, -0.2) is 30.8 Å². The fourth-order valence-corrected chi connectivity index (χ4v) is 1.85. The van der Waals surface area contributed by atoms with E-state index in [1.165, 1.54) is 10.7 Å². The number of aryl methyl sites for hydroxylation is 2. The first-order chi connectivity index (χ1) is 8.40. The maximum absolute atomic E-state index is 11.4. The van der Waals surface area contributed by atoms with Crippen molar-refractivity contribution in [1.29, 1.82) is 0 Å². The summed E-state index contributed by atoms with van der Waals surface area (Å²) in [4.78, 5) is 29.1. The Bertz CT molecular complexity index is 684. The standard InChI is InChI=1S/C11H12N4O3/c1-5-10(11(17)18)6(2)15(14-5)8-4-9(16)13-7(3)12-8/h4H,1-3H3,(H,17,18)(H,12,13,16). The Kier molecular flexibility index (Phi) is 2.74. The van der Waals surface area contributed by atoms with Gasteiger partial charge in [-0.2, -0.15) is 5.10 Å². The summed E-state index contributed by atoms with van der Waals surface area (Å²) in [5.41, 5.74) is 0.661. The molecule has 18 heavy (non-hydrogen) atoms. The van der Waals surface area contributed by atoms with Gasteiger partial charge in [0.15, 0.2) is 5.82 Å². The molecule has 0 amide bonds. The van der Waals surface area contributed by atoms with Gasteiger partial charge in [-0.3, -0.25) is 4.79 Å². The van der Waals surface area contributed by atoms with Crippen LogP contribution in [0, 0.1) is 20.8 Å². The normalized spacial score (nSPS) is 10.6. The first-order valence-electron chi connectivity index (χ1n) is 5.28. The van der Waals surface area contributed by atoms with Crippen LogP contribution in [0.5, 0.6) is 0 Å². The van der Waals surface area contributed by atoms with E-state index in [4.69, 9.17) is 5.11 Å². The molecule has 2 aromatic rings. The van der Waals surface area contributed by atoms with Gasteiger partial charge in [0.25, 0.3) is 5.56 Å². The topological polar surface area (TPSA) is 101 Å². The number of rotatable bonds is 2. The lowest BCUT2D eigenvalue weighted by atomic mass is 10.2. The molecule has 0 aliphatic heterocycles. The van der Waals surface area contributed by atoms with Crippen LogP contribution in [0.3, 0.4) is 0 Å². The van der Waals surface area contributed by atoms with Gasteiger partial charge in [-0.1, -0.05) is 0 Å². The second kappa shape index (κ2) is 4.10. The third kappa shape index (κ3) is 1.90. The van der Waals surface area contributed by atoms with Gasteiger partial charge in [-0.05, 0) is 20.8 Å². The summed E-state index contributed by atoms with van der Waals surface area (Å²) >= 11 is 0. The number of carboxylic acids is 1. The zero-order valence-corrected chi connectivity index (χ0v) is 10.2. The summed E-state index contributed by atoms with van der Waals surface area (Å²) in [5.74, 6) is -0.288. The van der Waals surface area contributed by atoms with E-state index in [1.807, 2.05) is 0 Å². The van der Waals surface area contributed by atoms with E-state index in [0.717, 1.165) is 0 Å². The monoisotopic (exact) mass is 248 g/mol. The molecule has 0 bridgehead atoms. The number of aromatic amines is 1. The summed E-state index contributed by atoms with van der Waals surface area (Å²) in [6.07, 6.45) is 0. The zero-order valence-electron chi connectivity index (χ0n) is 10.2. The molecule has 0 aliphatic carbocycles. The van der Waals surface area contributed by atoms with Gasteiger partial charge in [-0.15, -0.1) is 0 Å². The number of hydrogen-bond acceptors (Lipinski definition) is 4. The van der Waals surface area contributed by atoms with Crippen molar-refractivity contribution in [1.82, 2.24) is 19.7 Å². The smallest absolute Gasteiger partial charge is 0.339 e. The lowest BCUT2D eigenvalue weighted by Crippen LogP contribution is -2.13. The van der Waals surface area contributed by atoms with Crippen LogP contribution >= 0.6 is 0 Å². The minimum absolute atomic E-state index is 0.134. The number of H-pyrrole nitrogens is 1. The summed E-state index contributed by atoms with van der Waals surface area (Å²) in [6.45, 7) is 4.88. The first-order valence-corrected chi connectivity index (χ1v) is 5.28.